The van der Waals surface area contributed by atoms with Gasteiger partial charge in [-0.3, -0.25) is 15.1 Å². The van der Waals surface area contributed by atoms with Crippen LogP contribution in [0.3, 0.4) is 0 Å². The zero-order valence-electron chi connectivity index (χ0n) is 10.7. The number of rotatable bonds is 5. The van der Waals surface area contributed by atoms with Gasteiger partial charge in [-0.2, -0.15) is 0 Å². The molecule has 0 radical (unpaired) electrons. The summed E-state index contributed by atoms with van der Waals surface area (Å²) in [6.07, 6.45) is 0. The molecular formula is C11H20N4OS. The molecule has 0 aliphatic carbocycles. The molecule has 1 amide bonds. The average molecular weight is 256 g/mol. The molecule has 0 aromatic carbocycles. The van der Waals surface area contributed by atoms with Crippen LogP contribution in [-0.4, -0.2) is 28.9 Å². The SMILES string of the molecule is Cc1ncsc1CN(C)C(C(=O)NN)C(C)C. The van der Waals surface area contributed by atoms with Gasteiger partial charge in [-0.1, -0.05) is 13.8 Å². The van der Waals surface area contributed by atoms with Crippen LogP contribution < -0.4 is 11.3 Å². The van der Waals surface area contributed by atoms with Crippen LogP contribution in [-0.2, 0) is 11.3 Å². The maximum absolute atomic E-state index is 11.7. The van der Waals surface area contributed by atoms with Crippen molar-refractivity contribution < 1.29 is 4.79 Å². The van der Waals surface area contributed by atoms with E-state index in [1.807, 2.05) is 38.2 Å². The molecule has 3 N–H and O–H groups in total. The molecule has 0 aliphatic heterocycles. The number of aromatic nitrogens is 1. The van der Waals surface area contributed by atoms with Crippen molar-refractivity contribution in [2.45, 2.75) is 33.4 Å². The number of nitrogens with one attached hydrogen (secondary N) is 1. The number of amides is 1. The number of carbonyl (C=O) groups excluding carboxylic acids is 1. The lowest BCUT2D eigenvalue weighted by Gasteiger charge is -2.29. The lowest BCUT2D eigenvalue weighted by molar-refractivity contribution is -0.127. The summed E-state index contributed by atoms with van der Waals surface area (Å²) < 4.78 is 0. The van der Waals surface area contributed by atoms with E-state index >= 15 is 0 Å². The van der Waals surface area contributed by atoms with Gasteiger partial charge in [0.05, 0.1) is 17.2 Å². The van der Waals surface area contributed by atoms with Gasteiger partial charge >= 0.3 is 0 Å². The predicted molar refractivity (Wildman–Crippen MR) is 69.3 cm³/mol. The van der Waals surface area contributed by atoms with E-state index in [0.717, 1.165) is 5.69 Å². The van der Waals surface area contributed by atoms with E-state index < -0.39 is 0 Å². The Hall–Kier alpha value is -0.980. The smallest absolute Gasteiger partial charge is 0.251 e. The van der Waals surface area contributed by atoms with Crippen molar-refractivity contribution in [2.24, 2.45) is 11.8 Å². The van der Waals surface area contributed by atoms with E-state index in [1.165, 1.54) is 4.88 Å². The average Bonchev–Trinajstić information content (AvgIpc) is 2.63. The largest absolute Gasteiger partial charge is 0.293 e. The Labute approximate surface area is 106 Å². The summed E-state index contributed by atoms with van der Waals surface area (Å²) in [5.41, 5.74) is 5.08. The fourth-order valence-electron chi connectivity index (χ4n) is 1.90. The molecule has 1 atom stereocenters. The molecule has 1 rings (SSSR count). The molecule has 1 aromatic heterocycles. The molecule has 0 bridgehead atoms. The Morgan fingerprint density at radius 3 is 2.71 bits per heavy atom. The number of hydrogen-bond donors (Lipinski definition) is 2. The second-order valence-corrected chi connectivity index (χ2v) is 5.41. The third-order valence-corrected chi connectivity index (χ3v) is 3.67. The number of thiazole rings is 1. The summed E-state index contributed by atoms with van der Waals surface area (Å²) in [6.45, 7) is 6.71. The monoisotopic (exact) mass is 256 g/mol. The minimum atomic E-state index is -0.221. The van der Waals surface area contributed by atoms with E-state index in [4.69, 9.17) is 5.84 Å². The molecule has 0 saturated heterocycles. The molecular weight excluding hydrogens is 236 g/mol. The summed E-state index contributed by atoms with van der Waals surface area (Å²) in [5.74, 6) is 5.27. The quantitative estimate of drug-likeness (QED) is 0.466. The van der Waals surface area contributed by atoms with Crippen LogP contribution in [0.5, 0.6) is 0 Å². The first-order chi connectivity index (χ1) is 7.97. The standard InChI is InChI=1S/C11H20N4OS/c1-7(2)10(11(16)14-12)15(4)5-9-8(3)13-6-17-9/h6-7,10H,5,12H2,1-4H3,(H,14,16). The highest BCUT2D eigenvalue weighted by molar-refractivity contribution is 7.09. The number of nitrogens with zero attached hydrogens (tertiary/aromatic N) is 2. The van der Waals surface area contributed by atoms with E-state index in [-0.39, 0.29) is 17.9 Å². The lowest BCUT2D eigenvalue weighted by atomic mass is 10.0. The minimum absolute atomic E-state index is 0.148. The number of likely N-dealkylation sites (N-methyl/N-ethyl adjacent to an activating group) is 1. The van der Waals surface area contributed by atoms with Crippen molar-refractivity contribution in [1.82, 2.24) is 15.3 Å². The maximum atomic E-state index is 11.7. The van der Waals surface area contributed by atoms with Crippen molar-refractivity contribution in [3.05, 3.63) is 16.1 Å². The van der Waals surface area contributed by atoms with Crippen LogP contribution in [0.4, 0.5) is 0 Å². The molecule has 6 heteroatoms. The van der Waals surface area contributed by atoms with E-state index in [2.05, 4.69) is 10.4 Å². The van der Waals surface area contributed by atoms with E-state index in [0.29, 0.717) is 6.54 Å². The van der Waals surface area contributed by atoms with Gasteiger partial charge in [0, 0.05) is 11.4 Å². The number of hydrogen-bond acceptors (Lipinski definition) is 5. The highest BCUT2D eigenvalue weighted by Gasteiger charge is 2.26. The van der Waals surface area contributed by atoms with Crippen LogP contribution in [0.1, 0.15) is 24.4 Å². The first-order valence-corrected chi connectivity index (χ1v) is 6.45. The molecule has 17 heavy (non-hydrogen) atoms. The van der Waals surface area contributed by atoms with E-state index in [9.17, 15) is 4.79 Å². The maximum Gasteiger partial charge on any atom is 0.251 e. The van der Waals surface area contributed by atoms with Crippen molar-refractivity contribution in [2.75, 3.05) is 7.05 Å². The molecule has 1 unspecified atom stereocenters. The number of nitrogens with two attached hydrogens (primary N) is 1. The van der Waals surface area contributed by atoms with Gasteiger partial charge in [-0.05, 0) is 19.9 Å². The number of hydrazine groups is 1. The summed E-state index contributed by atoms with van der Waals surface area (Å²) in [7, 11) is 1.93. The highest BCUT2D eigenvalue weighted by Crippen LogP contribution is 2.18. The van der Waals surface area contributed by atoms with Crippen molar-refractivity contribution in [3.8, 4) is 0 Å². The summed E-state index contributed by atoms with van der Waals surface area (Å²) in [4.78, 5) is 19.1. The van der Waals surface area contributed by atoms with Crippen LogP contribution >= 0.6 is 11.3 Å². The van der Waals surface area contributed by atoms with Gasteiger partial charge in [0.2, 0.25) is 0 Å². The van der Waals surface area contributed by atoms with Gasteiger partial charge in [0.15, 0.2) is 0 Å². The van der Waals surface area contributed by atoms with Gasteiger partial charge in [0.1, 0.15) is 0 Å². The molecule has 96 valence electrons. The molecule has 0 fully saturated rings. The van der Waals surface area contributed by atoms with Crippen molar-refractivity contribution >= 4 is 17.2 Å². The molecule has 1 aromatic rings. The highest BCUT2D eigenvalue weighted by atomic mass is 32.1. The summed E-state index contributed by atoms with van der Waals surface area (Å²) >= 11 is 1.61. The summed E-state index contributed by atoms with van der Waals surface area (Å²) in [5, 5.41) is 0. The fraction of sp³-hybridized carbons (Fsp3) is 0.636. The summed E-state index contributed by atoms with van der Waals surface area (Å²) in [6, 6.07) is -0.221. The predicted octanol–water partition coefficient (Wildman–Crippen LogP) is 0.898. The Morgan fingerprint density at radius 2 is 2.29 bits per heavy atom. The molecule has 0 aliphatic rings. The normalized spacial score (nSPS) is 13.1. The Morgan fingerprint density at radius 1 is 1.65 bits per heavy atom. The van der Waals surface area contributed by atoms with Gasteiger partial charge in [0.25, 0.3) is 5.91 Å². The zero-order valence-corrected chi connectivity index (χ0v) is 11.5. The van der Waals surface area contributed by atoms with Crippen LogP contribution in [0.15, 0.2) is 5.51 Å². The van der Waals surface area contributed by atoms with E-state index in [1.54, 1.807) is 11.3 Å². The molecule has 5 nitrogen and oxygen atoms in total. The lowest BCUT2D eigenvalue weighted by Crippen LogP contribution is -2.50. The van der Waals surface area contributed by atoms with Gasteiger partial charge in [-0.25, -0.2) is 10.8 Å². The third kappa shape index (κ3) is 3.49. The van der Waals surface area contributed by atoms with Crippen molar-refractivity contribution in [1.29, 1.82) is 0 Å². The van der Waals surface area contributed by atoms with Crippen LogP contribution in [0.2, 0.25) is 0 Å². The van der Waals surface area contributed by atoms with Crippen molar-refractivity contribution in [3.63, 3.8) is 0 Å². The number of carbonyl (C=O) groups is 1. The second-order valence-electron chi connectivity index (χ2n) is 4.47. The first kappa shape index (κ1) is 14.1. The van der Waals surface area contributed by atoms with Gasteiger partial charge < -0.3 is 0 Å². The molecule has 0 saturated carbocycles. The number of aryl methyl sites for hydroxylation is 1. The second kappa shape index (κ2) is 6.09. The topological polar surface area (TPSA) is 71.2 Å². The zero-order chi connectivity index (χ0) is 13.0. The molecule has 0 spiro atoms. The Bertz CT molecular complexity index is 377. The van der Waals surface area contributed by atoms with Gasteiger partial charge in [-0.15, -0.1) is 11.3 Å². The van der Waals surface area contributed by atoms with Crippen LogP contribution in [0, 0.1) is 12.8 Å². The third-order valence-electron chi connectivity index (χ3n) is 2.76. The Balaban J connectivity index is 2.76. The Kier molecular flexibility index (Phi) is 5.04. The minimum Gasteiger partial charge on any atom is -0.293 e. The molecule has 1 heterocycles. The fourth-order valence-corrected chi connectivity index (χ4v) is 2.74. The van der Waals surface area contributed by atoms with Crippen LogP contribution in [0.25, 0.3) is 0 Å². The first-order valence-electron chi connectivity index (χ1n) is 5.57.